The summed E-state index contributed by atoms with van der Waals surface area (Å²) in [7, 11) is 3.08. The van der Waals surface area contributed by atoms with E-state index in [0.29, 0.717) is 17.1 Å². The predicted molar refractivity (Wildman–Crippen MR) is 109 cm³/mol. The number of nitrogens with zero attached hydrogens (tertiary/aromatic N) is 4. The molecule has 30 heavy (non-hydrogen) atoms. The number of hydrogen-bond donors (Lipinski definition) is 2. The number of nitrogens with one attached hydrogen (secondary N) is 2. The molecule has 0 saturated carbocycles. The average molecular weight is 410 g/mol. The summed E-state index contributed by atoms with van der Waals surface area (Å²) in [6.45, 7) is 0. The molecule has 1 aromatic heterocycles. The topological polar surface area (TPSA) is 145 Å². The fourth-order valence-electron chi connectivity index (χ4n) is 2.56. The lowest BCUT2D eigenvalue weighted by Gasteiger charge is -2.09. The van der Waals surface area contributed by atoms with Gasteiger partial charge in [0.25, 0.3) is 11.2 Å². The average Bonchev–Trinajstić information content (AvgIpc) is 2.75. The van der Waals surface area contributed by atoms with E-state index in [2.05, 4.69) is 25.7 Å². The largest absolute Gasteiger partial charge is 0.493 e. The van der Waals surface area contributed by atoms with Gasteiger partial charge in [0.05, 0.1) is 25.4 Å². The van der Waals surface area contributed by atoms with Crippen molar-refractivity contribution in [2.75, 3.05) is 19.6 Å². The number of methoxy groups -OCH3 is 2. The Morgan fingerprint density at radius 1 is 1.13 bits per heavy atom. The van der Waals surface area contributed by atoms with Gasteiger partial charge in [0.1, 0.15) is 5.69 Å². The molecule has 0 aliphatic heterocycles. The van der Waals surface area contributed by atoms with Gasteiger partial charge in [0.2, 0.25) is 5.95 Å². The predicted octanol–water partition coefficient (Wildman–Crippen LogP) is 2.13. The fraction of sp³-hybridized carbons (Fsp3) is 0.158. The molecule has 0 aliphatic rings. The van der Waals surface area contributed by atoms with Crippen molar-refractivity contribution in [2.45, 2.75) is 6.42 Å². The van der Waals surface area contributed by atoms with Crippen molar-refractivity contribution in [3.05, 3.63) is 79.8 Å². The first kappa shape index (κ1) is 20.5. The molecule has 0 unspecified atom stereocenters. The van der Waals surface area contributed by atoms with Crippen molar-refractivity contribution in [3.63, 3.8) is 0 Å². The van der Waals surface area contributed by atoms with Crippen molar-refractivity contribution in [1.82, 2.24) is 15.2 Å². The SMILES string of the molecule is COc1ccc(Cc2nnc(N/N=C/c3ccc([N+](=O)[O-])cc3)[nH]c2=O)cc1OC. The van der Waals surface area contributed by atoms with Crippen molar-refractivity contribution >= 4 is 17.9 Å². The Labute approximate surface area is 170 Å². The van der Waals surface area contributed by atoms with E-state index in [4.69, 9.17) is 9.47 Å². The minimum atomic E-state index is -0.483. The van der Waals surface area contributed by atoms with Crippen LogP contribution in [0.2, 0.25) is 0 Å². The standard InChI is InChI=1S/C19H18N6O5/c1-29-16-8-5-13(10-17(16)30-2)9-15-18(26)21-19(24-22-15)23-20-11-12-3-6-14(7-4-12)25(27)28/h3-8,10-11H,9H2,1-2H3,(H2,21,23,24,26)/b20-11+. The second-order valence-corrected chi connectivity index (χ2v) is 6.03. The Balaban J connectivity index is 1.66. The number of hydrazone groups is 1. The number of H-pyrrole nitrogens is 1. The van der Waals surface area contributed by atoms with Gasteiger partial charge in [-0.15, -0.1) is 10.2 Å². The first-order chi connectivity index (χ1) is 14.5. The number of anilines is 1. The number of hydrogen-bond acceptors (Lipinski definition) is 9. The molecule has 0 fully saturated rings. The van der Waals surface area contributed by atoms with Crippen LogP contribution in [0.5, 0.6) is 11.5 Å². The number of rotatable bonds is 8. The van der Waals surface area contributed by atoms with E-state index in [1.807, 2.05) is 6.07 Å². The van der Waals surface area contributed by atoms with Crippen molar-refractivity contribution in [1.29, 1.82) is 0 Å². The Morgan fingerprint density at radius 2 is 1.87 bits per heavy atom. The molecule has 3 aromatic rings. The summed E-state index contributed by atoms with van der Waals surface area (Å²) in [6.07, 6.45) is 1.69. The number of benzene rings is 2. The zero-order chi connectivity index (χ0) is 21.5. The lowest BCUT2D eigenvalue weighted by atomic mass is 10.1. The van der Waals surface area contributed by atoms with Gasteiger partial charge in [-0.1, -0.05) is 6.07 Å². The smallest absolute Gasteiger partial charge is 0.274 e. The lowest BCUT2D eigenvalue weighted by molar-refractivity contribution is -0.384. The van der Waals surface area contributed by atoms with Crippen molar-refractivity contribution < 1.29 is 14.4 Å². The van der Waals surface area contributed by atoms with Gasteiger partial charge in [-0.2, -0.15) is 5.10 Å². The van der Waals surface area contributed by atoms with Crippen LogP contribution in [0.4, 0.5) is 11.6 Å². The summed E-state index contributed by atoms with van der Waals surface area (Å²) in [4.78, 5) is 25.0. The molecule has 2 N–H and O–H groups in total. The van der Waals surface area contributed by atoms with E-state index in [1.54, 1.807) is 31.4 Å². The highest BCUT2D eigenvalue weighted by Gasteiger charge is 2.09. The number of nitro benzene ring substituents is 1. The Morgan fingerprint density at radius 3 is 2.50 bits per heavy atom. The van der Waals surface area contributed by atoms with Crippen LogP contribution in [0.1, 0.15) is 16.8 Å². The molecule has 0 bridgehead atoms. The summed E-state index contributed by atoms with van der Waals surface area (Å²) >= 11 is 0. The van der Waals surface area contributed by atoms with Gasteiger partial charge in [-0.05, 0) is 35.4 Å². The monoisotopic (exact) mass is 410 g/mol. The molecule has 3 rings (SSSR count). The zero-order valence-corrected chi connectivity index (χ0v) is 16.2. The van der Waals surface area contributed by atoms with E-state index < -0.39 is 10.5 Å². The van der Waals surface area contributed by atoms with Crippen LogP contribution in [0.3, 0.4) is 0 Å². The Hall–Kier alpha value is -4.28. The molecular formula is C19H18N6O5. The molecule has 0 saturated heterocycles. The first-order valence-corrected chi connectivity index (χ1v) is 8.70. The first-order valence-electron chi connectivity index (χ1n) is 8.70. The molecule has 0 radical (unpaired) electrons. The summed E-state index contributed by atoms with van der Waals surface area (Å²) in [5.74, 6) is 1.21. The quantitative estimate of drug-likeness (QED) is 0.326. The second kappa shape index (κ2) is 9.28. The maximum Gasteiger partial charge on any atom is 0.274 e. The number of ether oxygens (including phenoxy) is 2. The maximum atomic E-state index is 12.3. The molecule has 0 amide bonds. The lowest BCUT2D eigenvalue weighted by Crippen LogP contribution is -2.18. The Bertz CT molecular complexity index is 1130. The van der Waals surface area contributed by atoms with E-state index in [-0.39, 0.29) is 23.8 Å². The third kappa shape index (κ3) is 4.95. The van der Waals surface area contributed by atoms with Crippen LogP contribution in [0, 0.1) is 10.1 Å². The second-order valence-electron chi connectivity index (χ2n) is 6.03. The number of non-ortho nitro benzene ring substituents is 1. The Kier molecular flexibility index (Phi) is 6.33. The molecular weight excluding hydrogens is 392 g/mol. The maximum absolute atomic E-state index is 12.3. The van der Waals surface area contributed by atoms with Gasteiger partial charge >= 0.3 is 0 Å². The van der Waals surface area contributed by atoms with E-state index >= 15 is 0 Å². The molecule has 11 heteroatoms. The molecule has 0 atom stereocenters. The summed E-state index contributed by atoms with van der Waals surface area (Å²) in [5.41, 5.74) is 3.81. The highest BCUT2D eigenvalue weighted by Crippen LogP contribution is 2.28. The minimum absolute atomic E-state index is 0.0135. The van der Waals surface area contributed by atoms with Crippen LogP contribution in [-0.4, -0.2) is 40.5 Å². The van der Waals surface area contributed by atoms with Crippen LogP contribution in [0.25, 0.3) is 0 Å². The van der Waals surface area contributed by atoms with Crippen molar-refractivity contribution in [3.8, 4) is 11.5 Å². The summed E-state index contributed by atoms with van der Waals surface area (Å²) in [6, 6.07) is 11.1. The van der Waals surface area contributed by atoms with E-state index in [1.165, 1.54) is 25.5 Å². The number of nitro groups is 1. The van der Waals surface area contributed by atoms with Crippen molar-refractivity contribution in [2.24, 2.45) is 5.10 Å². The van der Waals surface area contributed by atoms with Gasteiger partial charge in [0.15, 0.2) is 11.5 Å². The third-order valence-electron chi connectivity index (χ3n) is 4.07. The minimum Gasteiger partial charge on any atom is -0.493 e. The van der Waals surface area contributed by atoms with Crippen LogP contribution < -0.4 is 20.5 Å². The van der Waals surface area contributed by atoms with Gasteiger partial charge in [0, 0.05) is 18.6 Å². The zero-order valence-electron chi connectivity index (χ0n) is 16.2. The molecule has 2 aromatic carbocycles. The summed E-state index contributed by atoms with van der Waals surface area (Å²) < 4.78 is 10.5. The van der Waals surface area contributed by atoms with Gasteiger partial charge in [-0.3, -0.25) is 19.9 Å². The normalized spacial score (nSPS) is 10.7. The van der Waals surface area contributed by atoms with E-state index in [0.717, 1.165) is 5.56 Å². The van der Waals surface area contributed by atoms with Crippen LogP contribution >= 0.6 is 0 Å². The van der Waals surface area contributed by atoms with Gasteiger partial charge < -0.3 is 9.47 Å². The number of aromatic nitrogens is 3. The third-order valence-corrected chi connectivity index (χ3v) is 4.07. The summed E-state index contributed by atoms with van der Waals surface area (Å²) in [5, 5.41) is 22.4. The fourth-order valence-corrected chi connectivity index (χ4v) is 2.56. The van der Waals surface area contributed by atoms with E-state index in [9.17, 15) is 14.9 Å². The molecule has 11 nitrogen and oxygen atoms in total. The highest BCUT2D eigenvalue weighted by molar-refractivity contribution is 5.80. The highest BCUT2D eigenvalue weighted by atomic mass is 16.6. The van der Waals surface area contributed by atoms with Crippen LogP contribution in [-0.2, 0) is 6.42 Å². The molecule has 1 heterocycles. The molecule has 0 aliphatic carbocycles. The molecule has 154 valence electrons. The van der Waals surface area contributed by atoms with Gasteiger partial charge in [-0.25, -0.2) is 5.43 Å². The molecule has 0 spiro atoms. The van der Waals surface area contributed by atoms with Crippen LogP contribution in [0.15, 0.2) is 52.4 Å². The number of aromatic amines is 1.